The Bertz CT molecular complexity index is 558. The highest BCUT2D eigenvalue weighted by Gasteiger charge is 2.16. The van der Waals surface area contributed by atoms with Crippen LogP contribution in [0.2, 0.25) is 0 Å². The van der Waals surface area contributed by atoms with Crippen molar-refractivity contribution in [3.05, 3.63) is 41.0 Å². The molecule has 4 nitrogen and oxygen atoms in total. The summed E-state index contributed by atoms with van der Waals surface area (Å²) < 4.78 is 0. The molecule has 0 aliphatic rings. The van der Waals surface area contributed by atoms with Crippen LogP contribution in [0.3, 0.4) is 0 Å². The number of halogens is 1. The van der Waals surface area contributed by atoms with Gasteiger partial charge < -0.3 is 5.11 Å². The van der Waals surface area contributed by atoms with Gasteiger partial charge in [-0.1, -0.05) is 6.07 Å². The third-order valence-electron chi connectivity index (χ3n) is 2.25. The Morgan fingerprint density at radius 3 is 2.67 bits per heavy atom. The SMILES string of the molecule is CC(=O)C(Cl)c1cc(C#N)ccc1C=CC(=O)O. The summed E-state index contributed by atoms with van der Waals surface area (Å²) in [4.78, 5) is 21.8. The van der Waals surface area contributed by atoms with Crippen LogP contribution >= 0.6 is 11.6 Å². The number of ketones is 1. The van der Waals surface area contributed by atoms with Crippen LogP contribution in [0.1, 0.15) is 29.0 Å². The Balaban J connectivity index is 3.29. The molecule has 92 valence electrons. The lowest BCUT2D eigenvalue weighted by Crippen LogP contribution is -2.04. The van der Waals surface area contributed by atoms with Crippen molar-refractivity contribution in [3.63, 3.8) is 0 Å². The van der Waals surface area contributed by atoms with Crippen molar-refractivity contribution in [2.75, 3.05) is 0 Å². The van der Waals surface area contributed by atoms with Crippen LogP contribution < -0.4 is 0 Å². The van der Waals surface area contributed by atoms with Gasteiger partial charge in [0.15, 0.2) is 5.78 Å². The lowest BCUT2D eigenvalue weighted by atomic mass is 9.99. The Morgan fingerprint density at radius 2 is 2.17 bits per heavy atom. The van der Waals surface area contributed by atoms with E-state index < -0.39 is 11.3 Å². The van der Waals surface area contributed by atoms with Crippen LogP contribution in [0.4, 0.5) is 0 Å². The van der Waals surface area contributed by atoms with Gasteiger partial charge in [-0.25, -0.2) is 4.79 Å². The van der Waals surface area contributed by atoms with Crippen LogP contribution in [0, 0.1) is 11.3 Å². The molecule has 0 saturated carbocycles. The lowest BCUT2D eigenvalue weighted by Gasteiger charge is -2.10. The number of rotatable bonds is 4. The fraction of sp³-hybridized carbons (Fsp3) is 0.154. The van der Waals surface area contributed by atoms with E-state index in [4.69, 9.17) is 22.0 Å². The summed E-state index contributed by atoms with van der Waals surface area (Å²) in [5.74, 6) is -1.36. The number of nitrogens with zero attached hydrogens (tertiary/aromatic N) is 1. The van der Waals surface area contributed by atoms with Crippen LogP contribution in [-0.4, -0.2) is 16.9 Å². The van der Waals surface area contributed by atoms with Crippen molar-refractivity contribution in [3.8, 4) is 6.07 Å². The van der Waals surface area contributed by atoms with Gasteiger partial charge in [-0.15, -0.1) is 11.6 Å². The maximum atomic E-state index is 11.3. The van der Waals surface area contributed by atoms with Crippen molar-refractivity contribution >= 4 is 29.4 Å². The first-order chi connectivity index (χ1) is 8.45. The number of Topliss-reactive ketones (excluding diaryl/α,β-unsaturated/α-hetero) is 1. The van der Waals surface area contributed by atoms with Gasteiger partial charge in [0, 0.05) is 6.08 Å². The van der Waals surface area contributed by atoms with E-state index in [0.29, 0.717) is 16.7 Å². The second-order valence-corrected chi connectivity index (χ2v) is 4.04. The number of aliphatic carboxylic acids is 1. The molecule has 5 heteroatoms. The normalized spacial score (nSPS) is 12.1. The molecule has 0 aliphatic heterocycles. The number of benzene rings is 1. The minimum Gasteiger partial charge on any atom is -0.478 e. The number of carbonyl (C=O) groups excluding carboxylic acids is 1. The maximum absolute atomic E-state index is 11.3. The van der Waals surface area contributed by atoms with Crippen molar-refractivity contribution in [1.29, 1.82) is 5.26 Å². The van der Waals surface area contributed by atoms with Gasteiger partial charge in [-0.2, -0.15) is 5.26 Å². The molecule has 1 unspecified atom stereocenters. The van der Waals surface area contributed by atoms with Gasteiger partial charge in [0.1, 0.15) is 5.38 Å². The number of hydrogen-bond acceptors (Lipinski definition) is 3. The number of alkyl halides is 1. The number of carboxylic acids is 1. The Labute approximate surface area is 109 Å². The van der Waals surface area contributed by atoms with Gasteiger partial charge >= 0.3 is 5.97 Å². The number of nitriles is 1. The highest BCUT2D eigenvalue weighted by atomic mass is 35.5. The molecule has 1 N–H and O–H groups in total. The molecule has 0 spiro atoms. The van der Waals surface area contributed by atoms with Crippen LogP contribution in [0.5, 0.6) is 0 Å². The van der Waals surface area contributed by atoms with E-state index in [-0.39, 0.29) is 5.78 Å². The average Bonchev–Trinajstić information content (AvgIpc) is 2.35. The predicted molar refractivity (Wildman–Crippen MR) is 67.1 cm³/mol. The van der Waals surface area contributed by atoms with E-state index in [1.54, 1.807) is 6.07 Å². The zero-order chi connectivity index (χ0) is 13.7. The number of carboxylic acid groups (broad SMARTS) is 1. The highest BCUT2D eigenvalue weighted by Crippen LogP contribution is 2.27. The van der Waals surface area contributed by atoms with Crippen LogP contribution in [0.25, 0.3) is 6.08 Å². The maximum Gasteiger partial charge on any atom is 0.328 e. The molecule has 0 radical (unpaired) electrons. The molecule has 1 aromatic carbocycles. The molecule has 0 heterocycles. The molecule has 0 amide bonds. The zero-order valence-corrected chi connectivity index (χ0v) is 10.3. The van der Waals surface area contributed by atoms with Gasteiger partial charge in [-0.05, 0) is 36.3 Å². The molecule has 0 bridgehead atoms. The zero-order valence-electron chi connectivity index (χ0n) is 9.55. The van der Waals surface area contributed by atoms with Gasteiger partial charge in [0.25, 0.3) is 0 Å². The van der Waals surface area contributed by atoms with Crippen LogP contribution in [-0.2, 0) is 9.59 Å². The lowest BCUT2D eigenvalue weighted by molar-refractivity contribution is -0.131. The highest BCUT2D eigenvalue weighted by molar-refractivity contribution is 6.31. The molecule has 0 saturated heterocycles. The molecular weight excluding hydrogens is 254 g/mol. The first kappa shape index (κ1) is 13.9. The van der Waals surface area contributed by atoms with Gasteiger partial charge in [0.2, 0.25) is 0 Å². The number of carbonyl (C=O) groups is 2. The second kappa shape index (κ2) is 5.99. The Kier molecular flexibility index (Phi) is 4.64. The summed E-state index contributed by atoms with van der Waals surface area (Å²) in [6.07, 6.45) is 2.30. The fourth-order valence-corrected chi connectivity index (χ4v) is 1.58. The van der Waals surface area contributed by atoms with E-state index in [9.17, 15) is 9.59 Å². The molecule has 1 atom stereocenters. The monoisotopic (exact) mass is 263 g/mol. The summed E-state index contributed by atoms with van der Waals surface area (Å²) >= 11 is 5.95. The van der Waals surface area contributed by atoms with Crippen LogP contribution in [0.15, 0.2) is 24.3 Å². The van der Waals surface area contributed by atoms with E-state index in [1.165, 1.54) is 25.1 Å². The van der Waals surface area contributed by atoms with Crippen molar-refractivity contribution < 1.29 is 14.7 Å². The summed E-state index contributed by atoms with van der Waals surface area (Å²) in [6, 6.07) is 6.53. The van der Waals surface area contributed by atoms with Gasteiger partial charge in [0.05, 0.1) is 11.6 Å². The topological polar surface area (TPSA) is 78.2 Å². The Hall–Kier alpha value is -2.12. The first-order valence-corrected chi connectivity index (χ1v) is 5.49. The molecule has 0 aliphatic carbocycles. The molecule has 18 heavy (non-hydrogen) atoms. The summed E-state index contributed by atoms with van der Waals surface area (Å²) in [5.41, 5.74) is 1.30. The third kappa shape index (κ3) is 3.44. The largest absolute Gasteiger partial charge is 0.478 e. The van der Waals surface area contributed by atoms with E-state index in [0.717, 1.165) is 6.08 Å². The third-order valence-corrected chi connectivity index (χ3v) is 2.79. The molecular formula is C13H10ClNO3. The van der Waals surface area contributed by atoms with Crippen molar-refractivity contribution in [1.82, 2.24) is 0 Å². The molecule has 1 aromatic rings. The van der Waals surface area contributed by atoms with E-state index >= 15 is 0 Å². The van der Waals surface area contributed by atoms with Gasteiger partial charge in [-0.3, -0.25) is 4.79 Å². The Morgan fingerprint density at radius 1 is 1.50 bits per heavy atom. The molecule has 0 fully saturated rings. The van der Waals surface area contributed by atoms with Crippen molar-refractivity contribution in [2.24, 2.45) is 0 Å². The standard InChI is InChI=1S/C13H10ClNO3/c1-8(16)13(14)11-6-9(7-15)2-3-10(11)4-5-12(17)18/h2-6,13H,1H3,(H,17,18). The molecule has 1 rings (SSSR count). The minimum atomic E-state index is -1.10. The summed E-state index contributed by atoms with van der Waals surface area (Å²) in [7, 11) is 0. The first-order valence-electron chi connectivity index (χ1n) is 5.05. The molecule has 0 aromatic heterocycles. The quantitative estimate of drug-likeness (QED) is 0.669. The number of hydrogen-bond donors (Lipinski definition) is 1. The van der Waals surface area contributed by atoms with Crippen molar-refractivity contribution in [2.45, 2.75) is 12.3 Å². The average molecular weight is 264 g/mol. The summed E-state index contributed by atoms with van der Waals surface area (Å²) in [5, 5.41) is 16.5. The smallest absolute Gasteiger partial charge is 0.328 e. The summed E-state index contributed by atoms with van der Waals surface area (Å²) in [6.45, 7) is 1.33. The second-order valence-electron chi connectivity index (χ2n) is 3.60. The predicted octanol–water partition coefficient (Wildman–Crippen LogP) is 2.52. The van der Waals surface area contributed by atoms with E-state index in [1.807, 2.05) is 6.07 Å². The van der Waals surface area contributed by atoms with E-state index in [2.05, 4.69) is 0 Å². The fourth-order valence-electron chi connectivity index (χ4n) is 1.40. The minimum absolute atomic E-state index is 0.267.